The summed E-state index contributed by atoms with van der Waals surface area (Å²) >= 11 is 0. The van der Waals surface area contributed by atoms with E-state index in [9.17, 15) is 8.42 Å². The Kier molecular flexibility index (Phi) is 7.52. The smallest absolute Gasteiger partial charge is 0.150 e. The fourth-order valence-corrected chi connectivity index (χ4v) is 4.80. The maximum absolute atomic E-state index is 11.9. The molecule has 0 amide bonds. The standard InChI is InChI=1S/C16H33NO2S/c1-5-9-20(18,19)10-8-15-11-14(4)6-7-16(15)12-17-13(2)3/h13-17H,5-12H2,1-4H3. The molecule has 0 aromatic rings. The minimum Gasteiger partial charge on any atom is -0.314 e. The van der Waals surface area contributed by atoms with Crippen molar-refractivity contribution >= 4 is 9.84 Å². The van der Waals surface area contributed by atoms with Crippen molar-refractivity contribution in [1.82, 2.24) is 5.32 Å². The summed E-state index contributed by atoms with van der Waals surface area (Å²) in [5, 5.41) is 3.53. The predicted molar refractivity (Wildman–Crippen MR) is 86.7 cm³/mol. The summed E-state index contributed by atoms with van der Waals surface area (Å²) < 4.78 is 23.8. The number of hydrogen-bond donors (Lipinski definition) is 1. The highest BCUT2D eigenvalue weighted by molar-refractivity contribution is 7.91. The van der Waals surface area contributed by atoms with Gasteiger partial charge in [-0.15, -0.1) is 0 Å². The zero-order valence-electron chi connectivity index (χ0n) is 13.7. The molecule has 0 saturated heterocycles. The van der Waals surface area contributed by atoms with Crippen LogP contribution < -0.4 is 5.32 Å². The van der Waals surface area contributed by atoms with Gasteiger partial charge in [-0.25, -0.2) is 8.42 Å². The van der Waals surface area contributed by atoms with E-state index in [0.717, 1.165) is 25.3 Å². The van der Waals surface area contributed by atoms with Crippen LogP contribution in [0, 0.1) is 17.8 Å². The van der Waals surface area contributed by atoms with Gasteiger partial charge in [-0.2, -0.15) is 0 Å². The lowest BCUT2D eigenvalue weighted by Crippen LogP contribution is -2.36. The molecule has 3 unspecified atom stereocenters. The number of rotatable bonds is 8. The molecule has 3 nitrogen and oxygen atoms in total. The summed E-state index contributed by atoms with van der Waals surface area (Å²) in [6, 6.07) is 0.513. The van der Waals surface area contributed by atoms with Crippen molar-refractivity contribution < 1.29 is 8.42 Å². The Labute approximate surface area is 125 Å². The molecule has 0 radical (unpaired) electrons. The van der Waals surface area contributed by atoms with E-state index in [1.807, 2.05) is 6.92 Å². The first kappa shape index (κ1) is 18.0. The van der Waals surface area contributed by atoms with Gasteiger partial charge in [-0.1, -0.05) is 34.1 Å². The van der Waals surface area contributed by atoms with E-state index in [2.05, 4.69) is 26.1 Å². The van der Waals surface area contributed by atoms with Gasteiger partial charge in [0.15, 0.2) is 0 Å². The van der Waals surface area contributed by atoms with Gasteiger partial charge in [0.1, 0.15) is 9.84 Å². The van der Waals surface area contributed by atoms with Gasteiger partial charge < -0.3 is 5.32 Å². The Balaban J connectivity index is 2.52. The van der Waals surface area contributed by atoms with Crippen LogP contribution in [-0.4, -0.2) is 32.5 Å². The largest absolute Gasteiger partial charge is 0.314 e. The summed E-state index contributed by atoms with van der Waals surface area (Å²) in [6.07, 6.45) is 5.34. The van der Waals surface area contributed by atoms with E-state index in [1.165, 1.54) is 19.3 Å². The van der Waals surface area contributed by atoms with Crippen LogP contribution in [0.5, 0.6) is 0 Å². The first-order chi connectivity index (χ1) is 9.34. The lowest BCUT2D eigenvalue weighted by Gasteiger charge is -2.35. The van der Waals surface area contributed by atoms with Crippen LogP contribution in [-0.2, 0) is 9.84 Å². The van der Waals surface area contributed by atoms with Crippen LogP contribution in [0.2, 0.25) is 0 Å². The molecular weight excluding hydrogens is 270 g/mol. The maximum Gasteiger partial charge on any atom is 0.150 e. The number of nitrogens with one attached hydrogen (secondary N) is 1. The van der Waals surface area contributed by atoms with E-state index in [4.69, 9.17) is 0 Å². The molecule has 4 heteroatoms. The number of hydrogen-bond acceptors (Lipinski definition) is 3. The van der Waals surface area contributed by atoms with Gasteiger partial charge in [0.2, 0.25) is 0 Å². The fraction of sp³-hybridized carbons (Fsp3) is 1.00. The van der Waals surface area contributed by atoms with Crippen LogP contribution in [0.4, 0.5) is 0 Å². The average molecular weight is 304 g/mol. The molecule has 3 atom stereocenters. The molecule has 0 spiro atoms. The Bertz CT molecular complexity index is 365. The first-order valence-electron chi connectivity index (χ1n) is 8.27. The van der Waals surface area contributed by atoms with Crippen LogP contribution in [0.3, 0.4) is 0 Å². The molecule has 120 valence electrons. The molecule has 1 rings (SSSR count). The molecule has 0 aliphatic heterocycles. The van der Waals surface area contributed by atoms with Gasteiger partial charge in [-0.05, 0) is 50.0 Å². The van der Waals surface area contributed by atoms with Gasteiger partial charge in [0.25, 0.3) is 0 Å². The molecule has 0 aromatic heterocycles. The topological polar surface area (TPSA) is 46.2 Å². The summed E-state index contributed by atoms with van der Waals surface area (Å²) in [5.74, 6) is 2.73. The Hall–Kier alpha value is -0.0900. The zero-order chi connectivity index (χ0) is 15.2. The normalized spacial score (nSPS) is 27.9. The molecule has 1 fully saturated rings. The summed E-state index contributed by atoms with van der Waals surface area (Å²) in [5.41, 5.74) is 0. The lowest BCUT2D eigenvalue weighted by molar-refractivity contribution is 0.178. The summed E-state index contributed by atoms with van der Waals surface area (Å²) in [4.78, 5) is 0. The Morgan fingerprint density at radius 3 is 2.45 bits per heavy atom. The van der Waals surface area contributed by atoms with Crippen LogP contribution in [0.25, 0.3) is 0 Å². The van der Waals surface area contributed by atoms with E-state index < -0.39 is 9.84 Å². The minimum atomic E-state index is -2.82. The van der Waals surface area contributed by atoms with Crippen molar-refractivity contribution in [2.75, 3.05) is 18.1 Å². The van der Waals surface area contributed by atoms with Gasteiger partial charge in [0.05, 0.1) is 5.75 Å². The second-order valence-electron chi connectivity index (χ2n) is 6.94. The van der Waals surface area contributed by atoms with Crippen LogP contribution in [0.15, 0.2) is 0 Å². The molecule has 1 saturated carbocycles. The number of sulfone groups is 1. The van der Waals surface area contributed by atoms with Crippen molar-refractivity contribution in [2.24, 2.45) is 17.8 Å². The average Bonchev–Trinajstić information content (AvgIpc) is 2.35. The van der Waals surface area contributed by atoms with E-state index in [1.54, 1.807) is 0 Å². The van der Waals surface area contributed by atoms with Crippen molar-refractivity contribution in [3.05, 3.63) is 0 Å². The van der Waals surface area contributed by atoms with Crippen molar-refractivity contribution in [3.8, 4) is 0 Å². The predicted octanol–water partition coefficient (Wildman–Crippen LogP) is 3.25. The second kappa shape index (κ2) is 8.38. The van der Waals surface area contributed by atoms with Crippen molar-refractivity contribution in [1.29, 1.82) is 0 Å². The monoisotopic (exact) mass is 303 g/mol. The van der Waals surface area contributed by atoms with Gasteiger partial charge in [-0.3, -0.25) is 0 Å². The van der Waals surface area contributed by atoms with E-state index in [-0.39, 0.29) is 0 Å². The minimum absolute atomic E-state index is 0.351. The molecule has 1 aliphatic rings. The third-order valence-corrected chi connectivity index (χ3v) is 6.39. The second-order valence-corrected chi connectivity index (χ2v) is 9.25. The van der Waals surface area contributed by atoms with Crippen LogP contribution in [0.1, 0.15) is 59.8 Å². The molecular formula is C16H33NO2S. The highest BCUT2D eigenvalue weighted by Gasteiger charge is 2.29. The van der Waals surface area contributed by atoms with Crippen molar-refractivity contribution in [3.63, 3.8) is 0 Å². The maximum atomic E-state index is 11.9. The van der Waals surface area contributed by atoms with Gasteiger partial charge >= 0.3 is 0 Å². The highest BCUT2D eigenvalue weighted by atomic mass is 32.2. The van der Waals surface area contributed by atoms with E-state index >= 15 is 0 Å². The Morgan fingerprint density at radius 2 is 1.85 bits per heavy atom. The summed E-state index contributed by atoms with van der Waals surface area (Å²) in [6.45, 7) is 9.64. The third kappa shape index (κ3) is 6.57. The van der Waals surface area contributed by atoms with Crippen molar-refractivity contribution in [2.45, 2.75) is 65.8 Å². The van der Waals surface area contributed by atoms with Gasteiger partial charge in [0, 0.05) is 11.8 Å². The van der Waals surface area contributed by atoms with E-state index in [0.29, 0.717) is 29.4 Å². The summed E-state index contributed by atoms with van der Waals surface area (Å²) in [7, 11) is -2.82. The molecule has 0 heterocycles. The quantitative estimate of drug-likeness (QED) is 0.748. The molecule has 1 aliphatic carbocycles. The molecule has 1 N–H and O–H groups in total. The zero-order valence-corrected chi connectivity index (χ0v) is 14.5. The fourth-order valence-electron chi connectivity index (χ4n) is 3.31. The third-order valence-electron chi connectivity index (χ3n) is 4.51. The highest BCUT2D eigenvalue weighted by Crippen LogP contribution is 2.35. The van der Waals surface area contributed by atoms with Crippen LogP contribution >= 0.6 is 0 Å². The molecule has 0 aromatic carbocycles. The molecule has 0 bridgehead atoms. The first-order valence-corrected chi connectivity index (χ1v) is 10.1. The molecule has 20 heavy (non-hydrogen) atoms. The Morgan fingerprint density at radius 1 is 1.15 bits per heavy atom. The lowest BCUT2D eigenvalue weighted by atomic mass is 9.73. The SMILES string of the molecule is CCCS(=O)(=O)CCC1CC(C)CCC1CNC(C)C.